The Labute approximate surface area is 160 Å². The van der Waals surface area contributed by atoms with Gasteiger partial charge < -0.3 is 15.0 Å². The summed E-state index contributed by atoms with van der Waals surface area (Å²) in [6.45, 7) is 1.86. The number of hydrogen-bond acceptors (Lipinski definition) is 5. The number of thioether (sulfide) groups is 1. The summed E-state index contributed by atoms with van der Waals surface area (Å²) in [5.74, 6) is 0.916. The maximum atomic E-state index is 12.2. The molecule has 3 rings (SSSR count). The second kappa shape index (κ2) is 7.80. The molecule has 0 fully saturated rings. The normalized spacial score (nSPS) is 10.7. The van der Waals surface area contributed by atoms with Crippen molar-refractivity contribution in [2.45, 2.75) is 12.1 Å². The number of nitrogens with zero attached hydrogens (tertiary/aromatic N) is 3. The standard InChI is InChI=1S/C18H17ClN4O2S/c1-11-14(19)4-3-5-15(11)20-16(25)10-26-18-22-21-17(23(18)2)12-6-8-13(24)9-7-12/h3-9,24H,10H2,1-2H3,(H,20,25). The highest BCUT2D eigenvalue weighted by atomic mass is 35.5. The molecule has 0 aliphatic heterocycles. The smallest absolute Gasteiger partial charge is 0.234 e. The fourth-order valence-corrected chi connectivity index (χ4v) is 3.25. The van der Waals surface area contributed by atoms with Gasteiger partial charge in [-0.15, -0.1) is 10.2 Å². The minimum Gasteiger partial charge on any atom is -0.508 e. The molecule has 2 N–H and O–H groups in total. The van der Waals surface area contributed by atoms with Crippen molar-refractivity contribution in [2.24, 2.45) is 7.05 Å². The SMILES string of the molecule is Cc1c(Cl)cccc1NC(=O)CSc1nnc(-c2ccc(O)cc2)n1C. The molecule has 0 aliphatic rings. The highest BCUT2D eigenvalue weighted by Crippen LogP contribution is 2.25. The molecule has 0 unspecified atom stereocenters. The van der Waals surface area contributed by atoms with E-state index in [1.807, 2.05) is 24.6 Å². The van der Waals surface area contributed by atoms with Gasteiger partial charge in [0, 0.05) is 23.3 Å². The summed E-state index contributed by atoms with van der Waals surface area (Å²) in [6.07, 6.45) is 0. The van der Waals surface area contributed by atoms with E-state index in [1.54, 1.807) is 36.4 Å². The van der Waals surface area contributed by atoms with Gasteiger partial charge in [-0.25, -0.2) is 0 Å². The third kappa shape index (κ3) is 4.00. The topological polar surface area (TPSA) is 80.0 Å². The lowest BCUT2D eigenvalue weighted by Crippen LogP contribution is -2.15. The Morgan fingerprint density at radius 1 is 1.23 bits per heavy atom. The molecule has 0 spiro atoms. The number of amides is 1. The van der Waals surface area contributed by atoms with Gasteiger partial charge in [0.2, 0.25) is 5.91 Å². The molecule has 0 radical (unpaired) electrons. The monoisotopic (exact) mass is 388 g/mol. The van der Waals surface area contributed by atoms with Crippen LogP contribution in [-0.2, 0) is 11.8 Å². The quantitative estimate of drug-likeness (QED) is 0.648. The third-order valence-corrected chi connectivity index (χ3v) is 5.26. The summed E-state index contributed by atoms with van der Waals surface area (Å²) in [5, 5.41) is 21.8. The molecule has 6 nitrogen and oxygen atoms in total. The van der Waals surface area contributed by atoms with Crippen LogP contribution in [0.2, 0.25) is 5.02 Å². The zero-order valence-electron chi connectivity index (χ0n) is 14.2. The van der Waals surface area contributed by atoms with Crippen molar-refractivity contribution in [2.75, 3.05) is 11.1 Å². The summed E-state index contributed by atoms with van der Waals surface area (Å²) >= 11 is 7.37. The van der Waals surface area contributed by atoms with E-state index in [9.17, 15) is 9.90 Å². The molecular formula is C18H17ClN4O2S. The summed E-state index contributed by atoms with van der Waals surface area (Å²) in [5.41, 5.74) is 2.37. The van der Waals surface area contributed by atoms with Crippen molar-refractivity contribution < 1.29 is 9.90 Å². The number of aromatic nitrogens is 3. The van der Waals surface area contributed by atoms with Gasteiger partial charge in [-0.2, -0.15) is 0 Å². The number of hydrogen-bond donors (Lipinski definition) is 2. The molecular weight excluding hydrogens is 372 g/mol. The van der Waals surface area contributed by atoms with E-state index < -0.39 is 0 Å². The van der Waals surface area contributed by atoms with Crippen LogP contribution in [0.1, 0.15) is 5.56 Å². The Hall–Kier alpha value is -2.51. The number of phenols is 1. The number of nitrogens with one attached hydrogen (secondary N) is 1. The average molecular weight is 389 g/mol. The van der Waals surface area contributed by atoms with Crippen LogP contribution in [0.4, 0.5) is 5.69 Å². The van der Waals surface area contributed by atoms with E-state index in [0.29, 0.717) is 21.7 Å². The number of anilines is 1. The second-order valence-electron chi connectivity index (χ2n) is 5.66. The first kappa shape index (κ1) is 18.3. The maximum absolute atomic E-state index is 12.2. The molecule has 0 saturated carbocycles. The van der Waals surface area contributed by atoms with Crippen molar-refractivity contribution in [1.82, 2.24) is 14.8 Å². The molecule has 8 heteroatoms. The molecule has 2 aromatic carbocycles. The van der Waals surface area contributed by atoms with Crippen LogP contribution in [0.3, 0.4) is 0 Å². The zero-order valence-corrected chi connectivity index (χ0v) is 15.8. The van der Waals surface area contributed by atoms with E-state index in [1.165, 1.54) is 11.8 Å². The number of benzene rings is 2. The van der Waals surface area contributed by atoms with Gasteiger partial charge in [-0.3, -0.25) is 4.79 Å². The van der Waals surface area contributed by atoms with Crippen molar-refractivity contribution in [3.63, 3.8) is 0 Å². The predicted octanol–water partition coefficient (Wildman–Crippen LogP) is 3.88. The third-order valence-electron chi connectivity index (χ3n) is 3.83. The Bertz CT molecular complexity index is 941. The van der Waals surface area contributed by atoms with Crippen LogP contribution in [0.25, 0.3) is 11.4 Å². The first-order valence-electron chi connectivity index (χ1n) is 7.82. The highest BCUT2D eigenvalue weighted by Gasteiger charge is 2.13. The number of carbonyl (C=O) groups excluding carboxylic acids is 1. The molecule has 3 aromatic rings. The highest BCUT2D eigenvalue weighted by molar-refractivity contribution is 7.99. The van der Waals surface area contributed by atoms with Crippen molar-refractivity contribution in [3.8, 4) is 17.1 Å². The van der Waals surface area contributed by atoms with Crippen molar-refractivity contribution in [1.29, 1.82) is 0 Å². The molecule has 26 heavy (non-hydrogen) atoms. The van der Waals surface area contributed by atoms with Gasteiger partial charge >= 0.3 is 0 Å². The van der Waals surface area contributed by atoms with Gasteiger partial charge in [0.15, 0.2) is 11.0 Å². The van der Waals surface area contributed by atoms with Gasteiger partial charge in [0.1, 0.15) is 5.75 Å². The summed E-state index contributed by atoms with van der Waals surface area (Å²) < 4.78 is 1.81. The van der Waals surface area contributed by atoms with E-state index in [4.69, 9.17) is 11.6 Å². The fourth-order valence-electron chi connectivity index (χ4n) is 2.36. The minimum absolute atomic E-state index is 0.144. The van der Waals surface area contributed by atoms with Crippen molar-refractivity contribution in [3.05, 3.63) is 53.1 Å². The van der Waals surface area contributed by atoms with Crippen LogP contribution >= 0.6 is 23.4 Å². The zero-order chi connectivity index (χ0) is 18.7. The van der Waals surface area contributed by atoms with Gasteiger partial charge in [0.05, 0.1) is 5.75 Å². The number of halogens is 1. The summed E-state index contributed by atoms with van der Waals surface area (Å²) in [4.78, 5) is 12.2. The Balaban J connectivity index is 1.66. The van der Waals surface area contributed by atoms with Gasteiger partial charge in [0.25, 0.3) is 0 Å². The predicted molar refractivity (Wildman–Crippen MR) is 104 cm³/mol. The van der Waals surface area contributed by atoms with E-state index >= 15 is 0 Å². The van der Waals surface area contributed by atoms with Gasteiger partial charge in [-0.1, -0.05) is 29.4 Å². The molecule has 1 heterocycles. The Kier molecular flexibility index (Phi) is 5.49. The van der Waals surface area contributed by atoms with Gasteiger partial charge in [-0.05, 0) is 48.9 Å². The van der Waals surface area contributed by atoms with E-state index in [2.05, 4.69) is 15.5 Å². The molecule has 134 valence electrons. The van der Waals surface area contributed by atoms with Crippen LogP contribution in [0.15, 0.2) is 47.6 Å². The first-order valence-corrected chi connectivity index (χ1v) is 9.18. The second-order valence-corrected chi connectivity index (χ2v) is 7.01. The maximum Gasteiger partial charge on any atom is 0.234 e. The average Bonchev–Trinajstić information content (AvgIpc) is 2.99. The van der Waals surface area contributed by atoms with Crippen LogP contribution < -0.4 is 5.32 Å². The lowest BCUT2D eigenvalue weighted by Gasteiger charge is -2.09. The van der Waals surface area contributed by atoms with Crippen LogP contribution in [0, 0.1) is 6.92 Å². The minimum atomic E-state index is -0.144. The summed E-state index contributed by atoms with van der Waals surface area (Å²) in [6, 6.07) is 12.1. The fraction of sp³-hybridized carbons (Fsp3) is 0.167. The molecule has 0 aliphatic carbocycles. The first-order chi connectivity index (χ1) is 12.5. The van der Waals surface area contributed by atoms with Crippen LogP contribution in [0.5, 0.6) is 5.75 Å². The number of rotatable bonds is 5. The van der Waals surface area contributed by atoms with E-state index in [-0.39, 0.29) is 17.4 Å². The Morgan fingerprint density at radius 3 is 2.69 bits per heavy atom. The lowest BCUT2D eigenvalue weighted by atomic mass is 10.2. The lowest BCUT2D eigenvalue weighted by molar-refractivity contribution is -0.113. The number of carbonyl (C=O) groups is 1. The summed E-state index contributed by atoms with van der Waals surface area (Å²) in [7, 11) is 1.84. The molecule has 0 saturated heterocycles. The number of phenolic OH excluding ortho intramolecular Hbond substituents is 1. The Morgan fingerprint density at radius 2 is 1.96 bits per heavy atom. The molecule has 0 atom stereocenters. The molecule has 1 aromatic heterocycles. The van der Waals surface area contributed by atoms with E-state index in [0.717, 1.165) is 11.1 Å². The van der Waals surface area contributed by atoms with Crippen LogP contribution in [-0.4, -0.2) is 31.5 Å². The largest absolute Gasteiger partial charge is 0.508 e. The molecule has 0 bridgehead atoms. The molecule has 1 amide bonds. The number of aromatic hydroxyl groups is 1. The van der Waals surface area contributed by atoms with Crippen molar-refractivity contribution >= 4 is 35.0 Å².